The maximum absolute atomic E-state index is 11.8. The normalized spacial score (nSPS) is 18.8. The summed E-state index contributed by atoms with van der Waals surface area (Å²) in [4.78, 5) is 21.6. The molecule has 2 rings (SSSR count). The van der Waals surface area contributed by atoms with Gasteiger partial charge in [-0.3, -0.25) is 4.79 Å². The number of thiophene rings is 1. The summed E-state index contributed by atoms with van der Waals surface area (Å²) in [6.07, 6.45) is 3.45. The second-order valence-corrected chi connectivity index (χ2v) is 7.41. The van der Waals surface area contributed by atoms with Crippen molar-refractivity contribution < 1.29 is 4.79 Å². The minimum atomic E-state index is 0.0348. The first-order valence-corrected chi connectivity index (χ1v) is 9.20. The second-order valence-electron chi connectivity index (χ2n) is 6.38. The fourth-order valence-electron chi connectivity index (χ4n) is 2.69. The van der Waals surface area contributed by atoms with Gasteiger partial charge in [-0.05, 0) is 36.6 Å². The number of carbonyl (C=O) groups excluding carboxylic acids is 1. The van der Waals surface area contributed by atoms with E-state index in [-0.39, 0.29) is 12.5 Å². The van der Waals surface area contributed by atoms with E-state index in [0.717, 1.165) is 32.0 Å². The minimum absolute atomic E-state index is 0.0348. The fourth-order valence-corrected chi connectivity index (χ4v) is 3.39. The molecule has 23 heavy (non-hydrogen) atoms. The van der Waals surface area contributed by atoms with Crippen molar-refractivity contribution in [2.24, 2.45) is 10.9 Å². The molecular formula is C17H28N4OS. The summed E-state index contributed by atoms with van der Waals surface area (Å²) in [5.41, 5.74) is 0. The number of piperidine rings is 1. The van der Waals surface area contributed by atoms with Crippen molar-refractivity contribution >= 4 is 23.2 Å². The Morgan fingerprint density at radius 1 is 1.52 bits per heavy atom. The monoisotopic (exact) mass is 336 g/mol. The Balaban J connectivity index is 1.95. The lowest BCUT2D eigenvalue weighted by Crippen LogP contribution is -2.47. The van der Waals surface area contributed by atoms with E-state index >= 15 is 0 Å². The molecule has 1 fully saturated rings. The molecule has 0 bridgehead atoms. The van der Waals surface area contributed by atoms with Crippen molar-refractivity contribution in [2.45, 2.75) is 26.2 Å². The maximum atomic E-state index is 11.8. The van der Waals surface area contributed by atoms with Gasteiger partial charge in [0.15, 0.2) is 5.96 Å². The molecule has 1 aromatic rings. The Kier molecular flexibility index (Phi) is 6.89. The summed E-state index contributed by atoms with van der Waals surface area (Å²) in [5.74, 6) is 1.59. The van der Waals surface area contributed by atoms with Gasteiger partial charge in [0.25, 0.3) is 0 Å². The third-order valence-corrected chi connectivity index (χ3v) is 4.99. The van der Waals surface area contributed by atoms with Gasteiger partial charge in [0.2, 0.25) is 5.91 Å². The van der Waals surface area contributed by atoms with Gasteiger partial charge in [0.1, 0.15) is 6.54 Å². The number of aliphatic imine (C=N–C) groups is 1. The van der Waals surface area contributed by atoms with Crippen molar-refractivity contribution in [2.75, 3.05) is 40.3 Å². The Labute approximate surface area is 143 Å². The van der Waals surface area contributed by atoms with Gasteiger partial charge < -0.3 is 15.1 Å². The fraction of sp³-hybridized carbons (Fsp3) is 0.647. The summed E-state index contributed by atoms with van der Waals surface area (Å²) in [6, 6.07) is 4.23. The van der Waals surface area contributed by atoms with Crippen LogP contribution >= 0.6 is 11.3 Å². The largest absolute Gasteiger partial charge is 0.356 e. The molecule has 0 aliphatic carbocycles. The van der Waals surface area contributed by atoms with E-state index in [0.29, 0.717) is 5.92 Å². The van der Waals surface area contributed by atoms with Crippen LogP contribution in [-0.2, 0) is 11.2 Å². The second kappa shape index (κ2) is 8.91. The molecule has 1 aromatic heterocycles. The standard InChI is InChI=1S/C17H28N4OS/c1-14-6-4-10-21(13-14)17(19-12-16(22)20(2)3)18-9-8-15-7-5-11-23-15/h5,7,11,14H,4,6,8-10,12-13H2,1-3H3,(H,18,19). The van der Waals surface area contributed by atoms with Crippen molar-refractivity contribution in [1.29, 1.82) is 0 Å². The number of likely N-dealkylation sites (N-methyl/N-ethyl adjacent to an activating group) is 1. The summed E-state index contributed by atoms with van der Waals surface area (Å²) < 4.78 is 0. The molecule has 5 nitrogen and oxygen atoms in total. The number of hydrogen-bond donors (Lipinski definition) is 1. The number of guanidine groups is 1. The molecular weight excluding hydrogens is 308 g/mol. The molecule has 1 N–H and O–H groups in total. The van der Waals surface area contributed by atoms with Crippen molar-refractivity contribution in [3.63, 3.8) is 0 Å². The van der Waals surface area contributed by atoms with Crippen LogP contribution in [0.5, 0.6) is 0 Å². The van der Waals surface area contributed by atoms with Crippen molar-refractivity contribution in [1.82, 2.24) is 15.1 Å². The third kappa shape index (κ3) is 5.86. The van der Waals surface area contributed by atoms with E-state index in [9.17, 15) is 4.79 Å². The molecule has 6 heteroatoms. The van der Waals surface area contributed by atoms with E-state index in [2.05, 4.69) is 39.6 Å². The Hall–Kier alpha value is -1.56. The average molecular weight is 337 g/mol. The Morgan fingerprint density at radius 3 is 3.00 bits per heavy atom. The number of amides is 1. The summed E-state index contributed by atoms with van der Waals surface area (Å²) in [6.45, 7) is 5.37. The first kappa shape index (κ1) is 17.8. The molecule has 0 saturated carbocycles. The molecule has 128 valence electrons. The van der Waals surface area contributed by atoms with Gasteiger partial charge in [0.05, 0.1) is 0 Å². The summed E-state index contributed by atoms with van der Waals surface area (Å²) >= 11 is 1.78. The SMILES string of the molecule is CC1CCCN(C(=NCC(=O)N(C)C)NCCc2cccs2)C1. The van der Waals surface area contributed by atoms with Crippen molar-refractivity contribution in [3.8, 4) is 0 Å². The lowest BCUT2D eigenvalue weighted by molar-refractivity contribution is -0.127. The first-order valence-electron chi connectivity index (χ1n) is 8.32. The lowest BCUT2D eigenvalue weighted by atomic mass is 10.0. The first-order chi connectivity index (χ1) is 11.1. The molecule has 1 atom stereocenters. The predicted octanol–water partition coefficient (Wildman–Crippen LogP) is 2.06. The molecule has 1 aliphatic rings. The summed E-state index contributed by atoms with van der Waals surface area (Å²) in [5, 5.41) is 5.56. The molecule has 0 radical (unpaired) electrons. The van der Waals surface area contributed by atoms with Crippen LogP contribution in [0, 0.1) is 5.92 Å². The zero-order chi connectivity index (χ0) is 16.7. The van der Waals surface area contributed by atoms with Crippen LogP contribution in [0.3, 0.4) is 0 Å². The summed E-state index contributed by atoms with van der Waals surface area (Å²) in [7, 11) is 3.54. The smallest absolute Gasteiger partial charge is 0.243 e. The van der Waals surface area contributed by atoms with E-state index in [1.807, 2.05) is 0 Å². The van der Waals surface area contributed by atoms with E-state index in [4.69, 9.17) is 0 Å². The Morgan fingerprint density at radius 2 is 2.35 bits per heavy atom. The van der Waals surface area contributed by atoms with Gasteiger partial charge in [-0.25, -0.2) is 4.99 Å². The number of hydrogen-bond acceptors (Lipinski definition) is 3. The van der Waals surface area contributed by atoms with E-state index < -0.39 is 0 Å². The van der Waals surface area contributed by atoms with Crippen LogP contribution in [0.1, 0.15) is 24.6 Å². The van der Waals surface area contributed by atoms with Crippen LogP contribution in [0.25, 0.3) is 0 Å². The van der Waals surface area contributed by atoms with Gasteiger partial charge >= 0.3 is 0 Å². The highest BCUT2D eigenvalue weighted by Gasteiger charge is 2.19. The van der Waals surface area contributed by atoms with Crippen LogP contribution in [-0.4, -0.2) is 61.9 Å². The zero-order valence-electron chi connectivity index (χ0n) is 14.4. The van der Waals surface area contributed by atoms with Crippen LogP contribution < -0.4 is 5.32 Å². The molecule has 0 aromatic carbocycles. The topological polar surface area (TPSA) is 47.9 Å². The number of rotatable bonds is 5. The van der Waals surface area contributed by atoms with Crippen molar-refractivity contribution in [3.05, 3.63) is 22.4 Å². The van der Waals surface area contributed by atoms with Gasteiger partial charge in [-0.1, -0.05) is 13.0 Å². The van der Waals surface area contributed by atoms with Crippen LogP contribution in [0.4, 0.5) is 0 Å². The molecule has 2 heterocycles. The number of nitrogens with zero attached hydrogens (tertiary/aromatic N) is 3. The molecule has 1 unspecified atom stereocenters. The lowest BCUT2D eigenvalue weighted by Gasteiger charge is -2.33. The molecule has 1 aliphatic heterocycles. The van der Waals surface area contributed by atoms with Gasteiger partial charge in [-0.15, -0.1) is 11.3 Å². The number of nitrogens with one attached hydrogen (secondary N) is 1. The highest BCUT2D eigenvalue weighted by atomic mass is 32.1. The number of likely N-dealkylation sites (tertiary alicyclic amines) is 1. The van der Waals surface area contributed by atoms with Crippen LogP contribution in [0.2, 0.25) is 0 Å². The predicted molar refractivity (Wildman–Crippen MR) is 97.0 cm³/mol. The molecule has 1 saturated heterocycles. The number of carbonyl (C=O) groups is 1. The Bertz CT molecular complexity index is 513. The van der Waals surface area contributed by atoms with Gasteiger partial charge in [-0.2, -0.15) is 0 Å². The average Bonchev–Trinajstić information content (AvgIpc) is 3.03. The van der Waals surface area contributed by atoms with Crippen LogP contribution in [0.15, 0.2) is 22.5 Å². The van der Waals surface area contributed by atoms with E-state index in [1.54, 1.807) is 30.3 Å². The minimum Gasteiger partial charge on any atom is -0.356 e. The van der Waals surface area contributed by atoms with E-state index in [1.165, 1.54) is 17.7 Å². The molecule has 0 spiro atoms. The maximum Gasteiger partial charge on any atom is 0.243 e. The third-order valence-electron chi connectivity index (χ3n) is 4.05. The molecule has 1 amide bonds. The highest BCUT2D eigenvalue weighted by molar-refractivity contribution is 7.09. The quantitative estimate of drug-likeness (QED) is 0.661. The zero-order valence-corrected chi connectivity index (χ0v) is 15.2. The highest BCUT2D eigenvalue weighted by Crippen LogP contribution is 2.15. The van der Waals surface area contributed by atoms with Gasteiger partial charge in [0, 0.05) is 38.6 Å².